The Bertz CT molecular complexity index is 1040. The topological polar surface area (TPSA) is 51.2 Å². The van der Waals surface area contributed by atoms with Gasteiger partial charge in [-0.3, -0.25) is 4.79 Å². The highest BCUT2D eigenvalue weighted by molar-refractivity contribution is 7.13. The van der Waals surface area contributed by atoms with Gasteiger partial charge < -0.3 is 10.1 Å². The van der Waals surface area contributed by atoms with E-state index < -0.39 is 11.7 Å². The molecule has 0 aliphatic heterocycles. The Morgan fingerprint density at radius 1 is 1.13 bits per heavy atom. The Balaban J connectivity index is 1.51. The summed E-state index contributed by atoms with van der Waals surface area (Å²) in [7, 11) is 0. The van der Waals surface area contributed by atoms with Gasteiger partial charge in [0.15, 0.2) is 0 Å². The first-order chi connectivity index (χ1) is 14.4. The monoisotopic (exact) mass is 432 g/mol. The summed E-state index contributed by atoms with van der Waals surface area (Å²) in [4.78, 5) is 16.6. The number of aromatic nitrogens is 1. The molecule has 1 heterocycles. The molecule has 0 spiro atoms. The van der Waals surface area contributed by atoms with E-state index in [2.05, 4.69) is 10.3 Å². The molecule has 4 nitrogen and oxygen atoms in total. The van der Waals surface area contributed by atoms with Gasteiger partial charge in [-0.1, -0.05) is 30.3 Å². The number of nitrogens with one attached hydrogen (secondary N) is 1. The van der Waals surface area contributed by atoms with Gasteiger partial charge in [0.25, 0.3) is 5.91 Å². The van der Waals surface area contributed by atoms with E-state index in [9.17, 15) is 18.0 Å². The second-order valence-electron chi connectivity index (χ2n) is 7.13. The van der Waals surface area contributed by atoms with Crippen LogP contribution in [0.25, 0.3) is 10.6 Å². The van der Waals surface area contributed by atoms with E-state index in [4.69, 9.17) is 4.74 Å². The van der Waals surface area contributed by atoms with Crippen molar-refractivity contribution < 1.29 is 22.7 Å². The molecule has 1 aliphatic rings. The maximum atomic E-state index is 13.2. The third-order valence-corrected chi connectivity index (χ3v) is 5.68. The number of ether oxygens (including phenoxy) is 1. The summed E-state index contributed by atoms with van der Waals surface area (Å²) in [5.41, 5.74) is 0.298. The molecule has 1 N–H and O–H groups in total. The van der Waals surface area contributed by atoms with Gasteiger partial charge in [0.1, 0.15) is 23.1 Å². The number of halogens is 3. The molecule has 1 aliphatic carbocycles. The minimum atomic E-state index is -4.45. The fourth-order valence-corrected chi connectivity index (χ4v) is 3.83. The first-order valence-corrected chi connectivity index (χ1v) is 10.4. The molecule has 1 fully saturated rings. The number of hydrogen-bond acceptors (Lipinski definition) is 4. The second kappa shape index (κ2) is 8.47. The Labute approximate surface area is 175 Å². The molecule has 0 saturated heterocycles. The highest BCUT2D eigenvalue weighted by atomic mass is 32.1. The summed E-state index contributed by atoms with van der Waals surface area (Å²) in [6.45, 7) is 0.427. The van der Waals surface area contributed by atoms with E-state index in [0.29, 0.717) is 34.5 Å². The summed E-state index contributed by atoms with van der Waals surface area (Å²) < 4.78 is 45.4. The molecule has 2 aromatic carbocycles. The summed E-state index contributed by atoms with van der Waals surface area (Å²) >= 11 is 1.29. The van der Waals surface area contributed by atoms with E-state index >= 15 is 0 Å². The lowest BCUT2D eigenvalue weighted by atomic mass is 10.1. The molecule has 3 aromatic rings. The Morgan fingerprint density at radius 2 is 1.87 bits per heavy atom. The number of carbonyl (C=O) groups is 1. The van der Waals surface area contributed by atoms with Crippen LogP contribution in [0.4, 0.5) is 13.2 Å². The third kappa shape index (κ3) is 4.81. The van der Waals surface area contributed by atoms with Crippen LogP contribution < -0.4 is 10.1 Å². The molecular weight excluding hydrogens is 413 g/mol. The Morgan fingerprint density at radius 3 is 2.63 bits per heavy atom. The summed E-state index contributed by atoms with van der Waals surface area (Å²) in [6, 6.07) is 12.3. The summed E-state index contributed by atoms with van der Waals surface area (Å²) in [5.74, 6) is 0.761. The van der Waals surface area contributed by atoms with Crippen molar-refractivity contribution in [1.29, 1.82) is 0 Å². The summed E-state index contributed by atoms with van der Waals surface area (Å²) in [6.07, 6.45) is -2.16. The average Bonchev–Trinajstić information content (AvgIpc) is 3.44. The van der Waals surface area contributed by atoms with Gasteiger partial charge in [-0.05, 0) is 37.0 Å². The van der Waals surface area contributed by atoms with E-state index in [1.807, 2.05) is 0 Å². The number of amides is 1. The van der Waals surface area contributed by atoms with Crippen LogP contribution in [0, 0.1) is 5.92 Å². The van der Waals surface area contributed by atoms with Crippen LogP contribution in [0.15, 0.2) is 53.9 Å². The fourth-order valence-electron chi connectivity index (χ4n) is 3.00. The molecule has 1 amide bonds. The van der Waals surface area contributed by atoms with Crippen LogP contribution in [0.3, 0.4) is 0 Å². The van der Waals surface area contributed by atoms with Crippen LogP contribution in [0.2, 0.25) is 0 Å². The molecular formula is C22H19F3N2O2S. The Kier molecular flexibility index (Phi) is 5.76. The number of para-hydroxylation sites is 1. The van der Waals surface area contributed by atoms with Crippen molar-refractivity contribution >= 4 is 17.2 Å². The van der Waals surface area contributed by atoms with Gasteiger partial charge in [-0.25, -0.2) is 4.98 Å². The zero-order chi connectivity index (χ0) is 21.1. The quantitative estimate of drug-likeness (QED) is 0.533. The average molecular weight is 432 g/mol. The van der Waals surface area contributed by atoms with E-state index in [1.165, 1.54) is 23.5 Å². The van der Waals surface area contributed by atoms with Gasteiger partial charge in [0.05, 0.1) is 11.1 Å². The van der Waals surface area contributed by atoms with Crippen molar-refractivity contribution in [1.82, 2.24) is 10.3 Å². The first-order valence-electron chi connectivity index (χ1n) is 9.53. The van der Waals surface area contributed by atoms with Crippen molar-refractivity contribution in [2.75, 3.05) is 6.54 Å². The van der Waals surface area contributed by atoms with Crippen molar-refractivity contribution in [2.24, 2.45) is 5.92 Å². The zero-order valence-corrected chi connectivity index (χ0v) is 16.7. The van der Waals surface area contributed by atoms with Crippen LogP contribution in [0.5, 0.6) is 5.75 Å². The Hall–Kier alpha value is -2.87. The lowest BCUT2D eigenvalue weighted by molar-refractivity contribution is -0.138. The van der Waals surface area contributed by atoms with Gasteiger partial charge in [-0.2, -0.15) is 13.2 Å². The summed E-state index contributed by atoms with van der Waals surface area (Å²) in [5, 5.41) is 5.12. The van der Waals surface area contributed by atoms with Crippen molar-refractivity contribution in [3.05, 3.63) is 70.7 Å². The maximum Gasteiger partial charge on any atom is 0.416 e. The van der Waals surface area contributed by atoms with Crippen molar-refractivity contribution in [3.8, 4) is 16.3 Å². The first kappa shape index (κ1) is 20.4. The van der Waals surface area contributed by atoms with E-state index in [0.717, 1.165) is 18.9 Å². The third-order valence-electron chi connectivity index (χ3n) is 4.81. The van der Waals surface area contributed by atoms with Crippen LogP contribution in [-0.2, 0) is 12.8 Å². The predicted octanol–water partition coefficient (Wildman–Crippen LogP) is 5.55. The highest BCUT2D eigenvalue weighted by Crippen LogP contribution is 2.35. The van der Waals surface area contributed by atoms with Crippen LogP contribution >= 0.6 is 11.3 Å². The van der Waals surface area contributed by atoms with Crippen molar-refractivity contribution in [2.45, 2.75) is 25.6 Å². The standard InChI is InChI=1S/C22H19F3N2O2S/c23-22(24,25)17-7-3-1-5-15(17)12-29-19-8-4-2-6-16(19)21-27-18(13-30-21)20(28)26-11-14-9-10-14/h1-8,13-14H,9-12H2,(H,26,28). The molecule has 1 aromatic heterocycles. The number of thiazole rings is 1. The van der Waals surface area contributed by atoms with Gasteiger partial charge in [0.2, 0.25) is 0 Å². The van der Waals surface area contributed by atoms with Crippen LogP contribution in [0.1, 0.15) is 34.5 Å². The van der Waals surface area contributed by atoms with Crippen LogP contribution in [-0.4, -0.2) is 17.4 Å². The van der Waals surface area contributed by atoms with Gasteiger partial charge in [0, 0.05) is 17.5 Å². The number of alkyl halides is 3. The molecule has 0 atom stereocenters. The number of nitrogens with zero attached hydrogens (tertiary/aromatic N) is 1. The van der Waals surface area contributed by atoms with E-state index in [1.54, 1.807) is 35.7 Å². The molecule has 0 bridgehead atoms. The highest BCUT2D eigenvalue weighted by Gasteiger charge is 2.33. The molecule has 4 rings (SSSR count). The molecule has 1 saturated carbocycles. The fraction of sp³-hybridized carbons (Fsp3) is 0.273. The van der Waals surface area contributed by atoms with Gasteiger partial charge >= 0.3 is 6.18 Å². The number of rotatable bonds is 7. The van der Waals surface area contributed by atoms with Crippen molar-refractivity contribution in [3.63, 3.8) is 0 Å². The maximum absolute atomic E-state index is 13.2. The smallest absolute Gasteiger partial charge is 0.416 e. The number of benzene rings is 2. The molecule has 8 heteroatoms. The van der Waals surface area contributed by atoms with E-state index in [-0.39, 0.29) is 18.1 Å². The molecule has 30 heavy (non-hydrogen) atoms. The SMILES string of the molecule is O=C(NCC1CC1)c1csc(-c2ccccc2OCc2ccccc2C(F)(F)F)n1. The second-order valence-corrected chi connectivity index (χ2v) is 7.99. The number of carbonyl (C=O) groups excluding carboxylic acids is 1. The minimum Gasteiger partial charge on any atom is -0.488 e. The van der Waals surface area contributed by atoms with Gasteiger partial charge in [-0.15, -0.1) is 11.3 Å². The molecule has 0 unspecified atom stereocenters. The molecule has 156 valence electrons. The molecule has 0 radical (unpaired) electrons. The normalized spacial score (nSPS) is 13.8. The largest absolute Gasteiger partial charge is 0.488 e. The lowest BCUT2D eigenvalue weighted by Crippen LogP contribution is -2.25. The zero-order valence-electron chi connectivity index (χ0n) is 15.9. The lowest BCUT2D eigenvalue weighted by Gasteiger charge is -2.14. The number of hydrogen-bond donors (Lipinski definition) is 1. The minimum absolute atomic E-state index is 0.0547. The predicted molar refractivity (Wildman–Crippen MR) is 108 cm³/mol.